The van der Waals surface area contributed by atoms with Crippen LogP contribution in [0.3, 0.4) is 0 Å². The highest BCUT2D eigenvalue weighted by Crippen LogP contribution is 2.26. The molecule has 7 nitrogen and oxygen atoms in total. The fraction of sp³-hybridized carbons (Fsp3) is 0.200. The Hall–Kier alpha value is -1.96. The summed E-state index contributed by atoms with van der Waals surface area (Å²) in [6.45, 7) is 1.93. The maximum Gasteiger partial charge on any atom is 0.358 e. The van der Waals surface area contributed by atoms with E-state index in [2.05, 4.69) is 20.9 Å². The first-order chi connectivity index (χ1) is 8.54. The van der Waals surface area contributed by atoms with Gasteiger partial charge < -0.3 is 4.74 Å². The predicted octanol–water partition coefficient (Wildman–Crippen LogP) is 2.18. The number of hydrogen-bond acceptors (Lipinski definition) is 5. The lowest BCUT2D eigenvalue weighted by atomic mass is 10.4. The largest absolute Gasteiger partial charge is 0.461 e. The van der Waals surface area contributed by atoms with Crippen LogP contribution < -0.4 is 0 Å². The third kappa shape index (κ3) is 2.06. The van der Waals surface area contributed by atoms with Gasteiger partial charge >= 0.3 is 11.7 Å². The van der Waals surface area contributed by atoms with Gasteiger partial charge in [0.2, 0.25) is 0 Å². The van der Waals surface area contributed by atoms with Crippen molar-refractivity contribution in [2.45, 2.75) is 6.92 Å². The summed E-state index contributed by atoms with van der Waals surface area (Å²) in [7, 11) is 0. The smallest absolute Gasteiger partial charge is 0.358 e. The molecule has 2 heterocycles. The van der Waals surface area contributed by atoms with Crippen LogP contribution in [0.1, 0.15) is 17.4 Å². The molecule has 8 heteroatoms. The molecule has 0 N–H and O–H groups in total. The number of hydrogen-bond donors (Lipinski definition) is 0. The zero-order valence-corrected chi connectivity index (χ0v) is 10.9. The van der Waals surface area contributed by atoms with Gasteiger partial charge in [0.1, 0.15) is 5.65 Å². The molecule has 2 aromatic heterocycles. The molecule has 0 atom stereocenters. The summed E-state index contributed by atoms with van der Waals surface area (Å²) in [6.07, 6.45) is 1.39. The maximum absolute atomic E-state index is 11.5. The first kappa shape index (κ1) is 12.5. The summed E-state index contributed by atoms with van der Waals surface area (Å²) in [6, 6.07) is 2.78. The second-order valence-electron chi connectivity index (χ2n) is 3.34. The van der Waals surface area contributed by atoms with Crippen LogP contribution >= 0.6 is 15.9 Å². The maximum atomic E-state index is 11.5. The summed E-state index contributed by atoms with van der Waals surface area (Å²) >= 11 is 3.11. The Morgan fingerprint density at radius 2 is 2.33 bits per heavy atom. The van der Waals surface area contributed by atoms with Crippen molar-refractivity contribution >= 4 is 33.2 Å². The minimum atomic E-state index is -0.559. The van der Waals surface area contributed by atoms with Crippen LogP contribution in [-0.4, -0.2) is 26.9 Å². The van der Waals surface area contributed by atoms with Gasteiger partial charge in [0.15, 0.2) is 10.3 Å². The molecule has 2 aromatic rings. The van der Waals surface area contributed by atoms with Crippen LogP contribution in [0, 0.1) is 10.1 Å². The van der Waals surface area contributed by atoms with E-state index >= 15 is 0 Å². The number of aromatic nitrogens is 2. The van der Waals surface area contributed by atoms with E-state index in [0.29, 0.717) is 5.65 Å². The molecule has 0 aliphatic rings. The molecular weight excluding hydrogens is 306 g/mol. The number of halogens is 1. The van der Waals surface area contributed by atoms with Crippen molar-refractivity contribution in [3.63, 3.8) is 0 Å². The van der Waals surface area contributed by atoms with Crippen molar-refractivity contribution in [3.05, 3.63) is 38.7 Å². The zero-order chi connectivity index (χ0) is 13.3. The molecular formula is C10H8BrN3O4. The topological polar surface area (TPSA) is 86.7 Å². The average molecular weight is 314 g/mol. The number of nitro groups is 1. The van der Waals surface area contributed by atoms with Crippen molar-refractivity contribution in [3.8, 4) is 0 Å². The number of ether oxygens (including phenoxy) is 1. The van der Waals surface area contributed by atoms with Gasteiger partial charge in [-0.3, -0.25) is 14.5 Å². The Balaban J connectivity index is 2.55. The van der Waals surface area contributed by atoms with E-state index in [4.69, 9.17) is 4.74 Å². The molecule has 0 unspecified atom stereocenters. The molecule has 0 saturated carbocycles. The summed E-state index contributed by atoms with van der Waals surface area (Å²) in [5.41, 5.74) is 0.434. The number of imidazole rings is 1. The number of fused-ring (bicyclic) bond motifs is 1. The van der Waals surface area contributed by atoms with Crippen LogP contribution in [0.15, 0.2) is 22.9 Å². The highest BCUT2D eigenvalue weighted by Gasteiger charge is 2.18. The van der Waals surface area contributed by atoms with E-state index < -0.39 is 10.9 Å². The Kier molecular flexibility index (Phi) is 3.28. The highest BCUT2D eigenvalue weighted by atomic mass is 79.9. The molecule has 0 aromatic carbocycles. The van der Waals surface area contributed by atoms with Gasteiger partial charge in [0, 0.05) is 12.3 Å². The number of esters is 1. The molecule has 0 saturated heterocycles. The minimum Gasteiger partial charge on any atom is -0.461 e. The Morgan fingerprint density at radius 3 is 2.94 bits per heavy atom. The fourth-order valence-electron chi connectivity index (χ4n) is 1.45. The SMILES string of the molecule is CCOC(=O)c1cn2c(Br)c([N+](=O)[O-])ccc2n1. The van der Waals surface area contributed by atoms with Crippen molar-refractivity contribution in [2.24, 2.45) is 0 Å². The second-order valence-corrected chi connectivity index (χ2v) is 4.09. The van der Waals surface area contributed by atoms with Gasteiger partial charge in [-0.15, -0.1) is 0 Å². The van der Waals surface area contributed by atoms with Crippen molar-refractivity contribution in [1.82, 2.24) is 9.38 Å². The minimum absolute atomic E-state index is 0.102. The third-order valence-electron chi connectivity index (χ3n) is 2.23. The van der Waals surface area contributed by atoms with Crippen LogP contribution in [0.2, 0.25) is 0 Å². The third-order valence-corrected chi connectivity index (χ3v) is 3.02. The van der Waals surface area contributed by atoms with Crippen molar-refractivity contribution in [2.75, 3.05) is 6.61 Å². The summed E-state index contributed by atoms with van der Waals surface area (Å²) in [5, 5.41) is 10.8. The van der Waals surface area contributed by atoms with Gasteiger partial charge in [-0.05, 0) is 28.9 Å². The number of carbonyl (C=O) groups is 1. The summed E-state index contributed by atoms with van der Waals surface area (Å²) in [5.74, 6) is -0.559. The highest BCUT2D eigenvalue weighted by molar-refractivity contribution is 9.10. The van der Waals surface area contributed by atoms with E-state index in [1.54, 1.807) is 6.92 Å². The van der Waals surface area contributed by atoms with Crippen LogP contribution in [0.25, 0.3) is 5.65 Å². The van der Waals surface area contributed by atoms with Gasteiger partial charge in [-0.1, -0.05) is 0 Å². The van der Waals surface area contributed by atoms with Gasteiger partial charge in [-0.25, -0.2) is 9.78 Å². The van der Waals surface area contributed by atoms with Crippen molar-refractivity contribution < 1.29 is 14.5 Å². The van der Waals surface area contributed by atoms with Crippen LogP contribution in [0.5, 0.6) is 0 Å². The lowest BCUT2D eigenvalue weighted by molar-refractivity contribution is -0.386. The first-order valence-corrected chi connectivity index (χ1v) is 5.83. The average Bonchev–Trinajstić information content (AvgIpc) is 2.74. The first-order valence-electron chi connectivity index (χ1n) is 5.03. The Labute approximate surface area is 110 Å². The zero-order valence-electron chi connectivity index (χ0n) is 9.29. The molecule has 0 radical (unpaired) electrons. The second kappa shape index (κ2) is 4.73. The van der Waals surface area contributed by atoms with E-state index in [9.17, 15) is 14.9 Å². The van der Waals surface area contributed by atoms with Gasteiger partial charge in [0.05, 0.1) is 11.5 Å². The molecule has 0 bridgehead atoms. The predicted molar refractivity (Wildman–Crippen MR) is 65.5 cm³/mol. The number of carbonyl (C=O) groups excluding carboxylic acids is 1. The standard InChI is InChI=1S/C10H8BrN3O4/c1-2-18-10(15)6-5-13-8(12-6)4-3-7(9(13)11)14(16)17/h3-5H,2H2,1H3. The molecule has 18 heavy (non-hydrogen) atoms. The molecule has 0 aliphatic carbocycles. The fourth-order valence-corrected chi connectivity index (χ4v) is 2.02. The number of nitrogens with zero attached hydrogens (tertiary/aromatic N) is 3. The lowest BCUT2D eigenvalue weighted by Gasteiger charge is -1.98. The van der Waals surface area contributed by atoms with E-state index in [-0.39, 0.29) is 22.6 Å². The molecule has 0 aliphatic heterocycles. The van der Waals surface area contributed by atoms with Gasteiger partial charge in [-0.2, -0.15) is 0 Å². The van der Waals surface area contributed by atoms with Gasteiger partial charge in [0.25, 0.3) is 0 Å². The molecule has 0 spiro atoms. The molecule has 94 valence electrons. The molecule has 0 amide bonds. The quantitative estimate of drug-likeness (QED) is 0.375. The molecule has 0 fully saturated rings. The van der Waals surface area contributed by atoms with E-state index in [1.807, 2.05) is 0 Å². The Morgan fingerprint density at radius 1 is 1.61 bits per heavy atom. The van der Waals surface area contributed by atoms with Crippen LogP contribution in [0.4, 0.5) is 5.69 Å². The number of rotatable bonds is 3. The molecule has 2 rings (SSSR count). The summed E-state index contributed by atoms with van der Waals surface area (Å²) < 4.78 is 6.46. The summed E-state index contributed by atoms with van der Waals surface area (Å²) in [4.78, 5) is 25.8. The number of pyridine rings is 1. The van der Waals surface area contributed by atoms with E-state index in [0.717, 1.165) is 0 Å². The normalized spacial score (nSPS) is 10.6. The van der Waals surface area contributed by atoms with Crippen LogP contribution in [-0.2, 0) is 4.74 Å². The Bertz CT molecular complexity index is 637. The van der Waals surface area contributed by atoms with Crippen molar-refractivity contribution in [1.29, 1.82) is 0 Å². The monoisotopic (exact) mass is 313 g/mol. The lowest BCUT2D eigenvalue weighted by Crippen LogP contribution is -2.04. The van der Waals surface area contributed by atoms with E-state index in [1.165, 1.54) is 22.7 Å².